The minimum atomic E-state index is -0.687. The van der Waals surface area contributed by atoms with Gasteiger partial charge in [-0.05, 0) is 35.4 Å². The lowest BCUT2D eigenvalue weighted by Crippen LogP contribution is -2.02. The van der Waals surface area contributed by atoms with E-state index in [1.165, 1.54) is 12.1 Å². The maximum Gasteiger partial charge on any atom is 0.124 e. The van der Waals surface area contributed by atoms with E-state index in [0.717, 1.165) is 5.56 Å². The highest BCUT2D eigenvalue weighted by atomic mass is 35.5. The Morgan fingerprint density at radius 1 is 1.17 bits per heavy atom. The van der Waals surface area contributed by atoms with Crippen LogP contribution < -0.4 is 5.73 Å². The van der Waals surface area contributed by atoms with Gasteiger partial charge < -0.3 is 10.8 Å². The van der Waals surface area contributed by atoms with E-state index in [4.69, 9.17) is 17.3 Å². The largest absolute Gasteiger partial charge is 0.399 e. The molecule has 0 aliphatic carbocycles. The first-order chi connectivity index (χ1) is 8.56. The van der Waals surface area contributed by atoms with Crippen LogP contribution in [0.25, 0.3) is 0 Å². The Bertz CT molecular complexity index is 542. The minimum absolute atomic E-state index is 0.324. The average Bonchev–Trinajstić information content (AvgIpc) is 2.33. The highest BCUT2D eigenvalue weighted by Gasteiger charge is 2.11. The smallest absolute Gasteiger partial charge is 0.124 e. The molecule has 2 aromatic carbocycles. The third-order valence-corrected chi connectivity index (χ3v) is 3.10. The van der Waals surface area contributed by atoms with Crippen molar-refractivity contribution >= 4 is 17.3 Å². The van der Waals surface area contributed by atoms with Crippen LogP contribution in [0, 0.1) is 5.82 Å². The molecule has 0 spiro atoms. The van der Waals surface area contributed by atoms with Crippen LogP contribution in [0.2, 0.25) is 5.02 Å². The van der Waals surface area contributed by atoms with Crippen LogP contribution in [-0.4, -0.2) is 5.11 Å². The molecule has 18 heavy (non-hydrogen) atoms. The number of aliphatic hydroxyl groups excluding tert-OH is 1. The molecule has 3 N–H and O–H groups in total. The maximum absolute atomic E-state index is 12.9. The summed E-state index contributed by atoms with van der Waals surface area (Å²) < 4.78 is 12.9. The molecule has 0 aromatic heterocycles. The predicted molar refractivity (Wildman–Crippen MR) is 70.9 cm³/mol. The molecule has 0 aliphatic heterocycles. The average molecular weight is 266 g/mol. The molecule has 0 amide bonds. The Labute approximate surface area is 110 Å². The van der Waals surface area contributed by atoms with Gasteiger partial charge in [-0.2, -0.15) is 0 Å². The topological polar surface area (TPSA) is 46.2 Å². The highest BCUT2D eigenvalue weighted by molar-refractivity contribution is 6.31. The van der Waals surface area contributed by atoms with E-state index in [-0.39, 0.29) is 5.82 Å². The van der Waals surface area contributed by atoms with Crippen molar-refractivity contribution in [1.29, 1.82) is 0 Å². The van der Waals surface area contributed by atoms with Gasteiger partial charge in [-0.1, -0.05) is 29.8 Å². The quantitative estimate of drug-likeness (QED) is 0.836. The molecule has 0 fully saturated rings. The van der Waals surface area contributed by atoms with Gasteiger partial charge in [-0.3, -0.25) is 0 Å². The number of nitrogens with two attached hydrogens (primary N) is 1. The molecule has 2 aromatic rings. The van der Waals surface area contributed by atoms with Crippen LogP contribution >= 0.6 is 11.6 Å². The Hall–Kier alpha value is -1.58. The summed E-state index contributed by atoms with van der Waals surface area (Å²) in [5, 5.41) is 10.4. The van der Waals surface area contributed by atoms with Crippen molar-refractivity contribution in [3.05, 3.63) is 64.4 Å². The summed E-state index contributed by atoms with van der Waals surface area (Å²) in [7, 11) is 0. The molecule has 0 bridgehead atoms. The summed E-state index contributed by atoms with van der Waals surface area (Å²) in [6.07, 6.45) is -0.350. The van der Waals surface area contributed by atoms with E-state index >= 15 is 0 Å². The fourth-order valence-electron chi connectivity index (χ4n) is 1.73. The Balaban J connectivity index is 2.15. The second-order valence-corrected chi connectivity index (χ2v) is 4.53. The van der Waals surface area contributed by atoms with Crippen LogP contribution in [0.5, 0.6) is 0 Å². The monoisotopic (exact) mass is 265 g/mol. The lowest BCUT2D eigenvalue weighted by molar-refractivity contribution is 0.178. The number of rotatable bonds is 3. The predicted octanol–water partition coefficient (Wildman–Crippen LogP) is 3.34. The van der Waals surface area contributed by atoms with Crippen molar-refractivity contribution in [2.75, 3.05) is 5.73 Å². The Morgan fingerprint density at radius 3 is 2.44 bits per heavy atom. The number of nitrogen functional groups attached to an aromatic ring is 1. The van der Waals surface area contributed by atoms with Gasteiger partial charge in [0.1, 0.15) is 5.82 Å². The standard InChI is InChI=1S/C14H13ClFNO/c15-13-8-11(16)4-1-10(13)7-14(18)9-2-5-12(17)6-3-9/h1-6,8,14,18H,7,17H2. The molecular weight excluding hydrogens is 253 g/mol. The first-order valence-electron chi connectivity index (χ1n) is 5.53. The van der Waals surface area contributed by atoms with E-state index in [0.29, 0.717) is 22.7 Å². The number of aliphatic hydroxyl groups is 1. The van der Waals surface area contributed by atoms with Gasteiger partial charge in [0, 0.05) is 17.1 Å². The molecule has 0 saturated carbocycles. The Kier molecular flexibility index (Phi) is 3.84. The summed E-state index contributed by atoms with van der Waals surface area (Å²) in [5.74, 6) is -0.384. The molecule has 0 saturated heterocycles. The van der Waals surface area contributed by atoms with Crippen LogP contribution in [0.3, 0.4) is 0 Å². The molecule has 0 heterocycles. The number of benzene rings is 2. The van der Waals surface area contributed by atoms with E-state index in [2.05, 4.69) is 0 Å². The van der Waals surface area contributed by atoms with Crippen molar-refractivity contribution in [1.82, 2.24) is 0 Å². The van der Waals surface area contributed by atoms with Gasteiger partial charge in [0.2, 0.25) is 0 Å². The first-order valence-corrected chi connectivity index (χ1v) is 5.91. The lowest BCUT2D eigenvalue weighted by atomic mass is 10.0. The number of anilines is 1. The summed E-state index contributed by atoms with van der Waals surface area (Å²) in [6, 6.07) is 11.1. The lowest BCUT2D eigenvalue weighted by Gasteiger charge is -2.12. The van der Waals surface area contributed by atoms with Crippen LogP contribution in [0.15, 0.2) is 42.5 Å². The fraction of sp³-hybridized carbons (Fsp3) is 0.143. The molecule has 94 valence electrons. The van der Waals surface area contributed by atoms with E-state index in [1.54, 1.807) is 30.3 Å². The second-order valence-electron chi connectivity index (χ2n) is 4.12. The van der Waals surface area contributed by atoms with Gasteiger partial charge in [0.05, 0.1) is 6.10 Å². The number of halogens is 2. The van der Waals surface area contributed by atoms with Crippen molar-refractivity contribution < 1.29 is 9.50 Å². The van der Waals surface area contributed by atoms with Crippen LogP contribution in [-0.2, 0) is 6.42 Å². The third kappa shape index (κ3) is 3.00. The zero-order chi connectivity index (χ0) is 13.1. The molecule has 4 heteroatoms. The maximum atomic E-state index is 12.9. The first kappa shape index (κ1) is 12.9. The van der Waals surface area contributed by atoms with Crippen molar-refractivity contribution in [2.45, 2.75) is 12.5 Å². The molecule has 2 nitrogen and oxygen atoms in total. The normalized spacial score (nSPS) is 12.4. The van der Waals surface area contributed by atoms with E-state index in [1.807, 2.05) is 0 Å². The van der Waals surface area contributed by atoms with Gasteiger partial charge in [-0.25, -0.2) is 4.39 Å². The summed E-state index contributed by atoms with van der Waals surface area (Å²) in [5.41, 5.74) is 7.68. The number of hydrogen-bond acceptors (Lipinski definition) is 2. The summed E-state index contributed by atoms with van der Waals surface area (Å²) in [4.78, 5) is 0. The summed E-state index contributed by atoms with van der Waals surface area (Å²) in [6.45, 7) is 0. The Morgan fingerprint density at radius 2 is 1.83 bits per heavy atom. The third-order valence-electron chi connectivity index (χ3n) is 2.75. The van der Waals surface area contributed by atoms with Gasteiger partial charge >= 0.3 is 0 Å². The molecule has 1 unspecified atom stereocenters. The number of hydrogen-bond donors (Lipinski definition) is 2. The fourth-order valence-corrected chi connectivity index (χ4v) is 1.98. The zero-order valence-corrected chi connectivity index (χ0v) is 10.4. The van der Waals surface area contributed by atoms with Crippen LogP contribution in [0.1, 0.15) is 17.2 Å². The van der Waals surface area contributed by atoms with Gasteiger partial charge in [0.15, 0.2) is 0 Å². The minimum Gasteiger partial charge on any atom is -0.399 e. The van der Waals surface area contributed by atoms with Crippen molar-refractivity contribution in [3.8, 4) is 0 Å². The second kappa shape index (κ2) is 5.38. The van der Waals surface area contributed by atoms with Gasteiger partial charge in [-0.15, -0.1) is 0 Å². The molecule has 0 aliphatic rings. The highest BCUT2D eigenvalue weighted by Crippen LogP contribution is 2.24. The molecule has 0 radical (unpaired) electrons. The SMILES string of the molecule is Nc1ccc(C(O)Cc2ccc(F)cc2Cl)cc1. The van der Waals surface area contributed by atoms with Crippen molar-refractivity contribution in [2.24, 2.45) is 0 Å². The molecular formula is C14H13ClFNO. The van der Waals surface area contributed by atoms with Crippen LogP contribution in [0.4, 0.5) is 10.1 Å². The summed E-state index contributed by atoms with van der Waals surface area (Å²) >= 11 is 5.92. The zero-order valence-electron chi connectivity index (χ0n) is 9.61. The van der Waals surface area contributed by atoms with Gasteiger partial charge in [0.25, 0.3) is 0 Å². The van der Waals surface area contributed by atoms with E-state index in [9.17, 15) is 9.50 Å². The van der Waals surface area contributed by atoms with E-state index < -0.39 is 6.10 Å². The molecule has 1 atom stereocenters. The van der Waals surface area contributed by atoms with Crippen molar-refractivity contribution in [3.63, 3.8) is 0 Å². The molecule has 2 rings (SSSR count).